The van der Waals surface area contributed by atoms with Gasteiger partial charge in [-0.05, 0) is 13.0 Å². The minimum atomic E-state index is -0.253. The van der Waals surface area contributed by atoms with Gasteiger partial charge < -0.3 is 10.1 Å². The first-order valence-electron chi connectivity index (χ1n) is 5.63. The summed E-state index contributed by atoms with van der Waals surface area (Å²) in [7, 11) is 1.53. The molecular weight excluding hydrogens is 251 g/mol. The van der Waals surface area contributed by atoms with E-state index in [0.717, 1.165) is 10.7 Å². The molecule has 0 radical (unpaired) electrons. The summed E-state index contributed by atoms with van der Waals surface area (Å²) >= 11 is 1.61. The van der Waals surface area contributed by atoms with Crippen LogP contribution in [-0.2, 0) is 13.1 Å². The number of thiazole rings is 1. The van der Waals surface area contributed by atoms with Crippen molar-refractivity contribution in [3.05, 3.63) is 45.7 Å². The summed E-state index contributed by atoms with van der Waals surface area (Å²) in [4.78, 5) is 4.33. The average Bonchev–Trinajstić information content (AvgIpc) is 2.77. The third-order valence-electron chi connectivity index (χ3n) is 2.52. The van der Waals surface area contributed by atoms with E-state index in [0.29, 0.717) is 24.4 Å². The fourth-order valence-corrected chi connectivity index (χ4v) is 2.33. The van der Waals surface area contributed by atoms with Crippen molar-refractivity contribution >= 4 is 11.3 Å². The number of nitrogens with zero attached hydrogens (tertiary/aromatic N) is 1. The first-order chi connectivity index (χ1) is 8.69. The summed E-state index contributed by atoms with van der Waals surface area (Å²) < 4.78 is 18.6. The highest BCUT2D eigenvalue weighted by Gasteiger charge is 2.04. The van der Waals surface area contributed by atoms with Crippen LogP contribution < -0.4 is 10.1 Å². The van der Waals surface area contributed by atoms with Crippen LogP contribution in [0.2, 0.25) is 0 Å². The van der Waals surface area contributed by atoms with E-state index in [1.54, 1.807) is 23.5 Å². The molecule has 0 spiro atoms. The van der Waals surface area contributed by atoms with Gasteiger partial charge in [0.05, 0.1) is 7.11 Å². The third kappa shape index (κ3) is 3.27. The Hall–Kier alpha value is -1.46. The lowest BCUT2D eigenvalue weighted by Gasteiger charge is -2.06. The predicted octanol–water partition coefficient (Wildman–Crippen LogP) is 2.89. The van der Waals surface area contributed by atoms with Gasteiger partial charge >= 0.3 is 0 Å². The predicted molar refractivity (Wildman–Crippen MR) is 70.3 cm³/mol. The second-order valence-corrected chi connectivity index (χ2v) is 4.89. The van der Waals surface area contributed by atoms with E-state index >= 15 is 0 Å². The van der Waals surface area contributed by atoms with E-state index < -0.39 is 0 Å². The number of methoxy groups -OCH3 is 1. The Bertz CT molecular complexity index is 527. The van der Waals surface area contributed by atoms with Crippen LogP contribution in [0.5, 0.6) is 5.75 Å². The van der Waals surface area contributed by atoms with Crippen LogP contribution in [-0.4, -0.2) is 12.1 Å². The zero-order chi connectivity index (χ0) is 13.0. The number of hydrogen-bond acceptors (Lipinski definition) is 4. The van der Waals surface area contributed by atoms with Crippen LogP contribution in [0.25, 0.3) is 0 Å². The van der Waals surface area contributed by atoms with Crippen LogP contribution in [0.3, 0.4) is 0 Å². The number of rotatable bonds is 5. The molecule has 18 heavy (non-hydrogen) atoms. The van der Waals surface area contributed by atoms with E-state index in [1.165, 1.54) is 13.2 Å². The lowest BCUT2D eigenvalue weighted by molar-refractivity contribution is 0.410. The molecule has 0 bridgehead atoms. The maximum atomic E-state index is 13.6. The summed E-state index contributed by atoms with van der Waals surface area (Å²) in [6, 6.07) is 4.88. The molecule has 0 fully saturated rings. The molecule has 0 saturated heterocycles. The molecule has 0 unspecified atom stereocenters. The summed E-state index contributed by atoms with van der Waals surface area (Å²) in [6.07, 6.45) is 0. The minimum absolute atomic E-state index is 0.253. The molecule has 3 nitrogen and oxygen atoms in total. The molecule has 0 aliphatic carbocycles. The lowest BCUT2D eigenvalue weighted by Crippen LogP contribution is -2.13. The Morgan fingerprint density at radius 1 is 1.39 bits per heavy atom. The highest BCUT2D eigenvalue weighted by atomic mass is 32.1. The molecule has 0 aliphatic heterocycles. The number of aryl methyl sites for hydroxylation is 1. The molecule has 0 saturated carbocycles. The van der Waals surface area contributed by atoms with Crippen molar-refractivity contribution in [2.75, 3.05) is 7.11 Å². The van der Waals surface area contributed by atoms with Gasteiger partial charge in [0.25, 0.3) is 0 Å². The Kier molecular flexibility index (Phi) is 4.28. The zero-order valence-electron chi connectivity index (χ0n) is 10.4. The number of benzene rings is 1. The monoisotopic (exact) mass is 266 g/mol. The molecule has 96 valence electrons. The molecule has 0 amide bonds. The second-order valence-electron chi connectivity index (χ2n) is 3.94. The standard InChI is InChI=1S/C13H15FN2OS/c1-9-8-18-13(16-9)7-15-6-10-3-4-11(17-2)5-12(10)14/h3-5,8,15H,6-7H2,1-2H3. The lowest BCUT2D eigenvalue weighted by atomic mass is 10.2. The first kappa shape index (κ1) is 13.0. The Labute approximate surface area is 110 Å². The van der Waals surface area contributed by atoms with Gasteiger partial charge in [-0.15, -0.1) is 11.3 Å². The van der Waals surface area contributed by atoms with Crippen molar-refractivity contribution in [3.8, 4) is 5.75 Å². The Balaban J connectivity index is 1.90. The topological polar surface area (TPSA) is 34.1 Å². The molecule has 0 atom stereocenters. The number of ether oxygens (including phenoxy) is 1. The third-order valence-corrected chi connectivity index (χ3v) is 3.49. The fourth-order valence-electron chi connectivity index (χ4n) is 1.59. The van der Waals surface area contributed by atoms with Crippen LogP contribution in [0.4, 0.5) is 4.39 Å². The highest BCUT2D eigenvalue weighted by molar-refractivity contribution is 7.09. The molecule has 1 aromatic heterocycles. The van der Waals surface area contributed by atoms with Gasteiger partial charge in [-0.1, -0.05) is 6.07 Å². The van der Waals surface area contributed by atoms with Gasteiger partial charge in [0, 0.05) is 35.8 Å². The van der Waals surface area contributed by atoms with Gasteiger partial charge in [-0.25, -0.2) is 9.37 Å². The van der Waals surface area contributed by atoms with Crippen molar-refractivity contribution in [2.24, 2.45) is 0 Å². The summed E-state index contributed by atoms with van der Waals surface area (Å²) in [5, 5.41) is 6.20. The van der Waals surface area contributed by atoms with Crippen molar-refractivity contribution in [1.29, 1.82) is 0 Å². The van der Waals surface area contributed by atoms with Gasteiger partial charge in [-0.3, -0.25) is 0 Å². The summed E-state index contributed by atoms with van der Waals surface area (Å²) in [6.45, 7) is 3.10. The van der Waals surface area contributed by atoms with E-state index in [-0.39, 0.29) is 5.82 Å². The SMILES string of the molecule is COc1ccc(CNCc2nc(C)cs2)c(F)c1. The quantitative estimate of drug-likeness (QED) is 0.903. The van der Waals surface area contributed by atoms with Crippen LogP contribution in [0.1, 0.15) is 16.3 Å². The maximum absolute atomic E-state index is 13.6. The summed E-state index contributed by atoms with van der Waals surface area (Å²) in [5.74, 6) is 0.281. The molecule has 5 heteroatoms. The average molecular weight is 266 g/mol. The minimum Gasteiger partial charge on any atom is -0.497 e. The van der Waals surface area contributed by atoms with E-state index in [1.807, 2.05) is 12.3 Å². The molecule has 0 aliphatic rings. The smallest absolute Gasteiger partial charge is 0.131 e. The van der Waals surface area contributed by atoms with E-state index in [2.05, 4.69) is 10.3 Å². The number of nitrogens with one attached hydrogen (secondary N) is 1. The summed E-state index contributed by atoms with van der Waals surface area (Å²) in [5.41, 5.74) is 1.65. The fraction of sp³-hybridized carbons (Fsp3) is 0.308. The van der Waals surface area contributed by atoms with Gasteiger partial charge in [-0.2, -0.15) is 0 Å². The van der Waals surface area contributed by atoms with E-state index in [9.17, 15) is 4.39 Å². The number of aromatic nitrogens is 1. The Morgan fingerprint density at radius 2 is 2.22 bits per heavy atom. The molecule has 2 aromatic rings. The molecular formula is C13H15FN2OS. The first-order valence-corrected chi connectivity index (χ1v) is 6.51. The van der Waals surface area contributed by atoms with Crippen molar-refractivity contribution in [3.63, 3.8) is 0 Å². The van der Waals surface area contributed by atoms with Crippen LogP contribution in [0.15, 0.2) is 23.6 Å². The highest BCUT2D eigenvalue weighted by Crippen LogP contribution is 2.16. The van der Waals surface area contributed by atoms with Gasteiger partial charge in [0.1, 0.15) is 16.6 Å². The van der Waals surface area contributed by atoms with Gasteiger partial charge in [0.15, 0.2) is 0 Å². The Morgan fingerprint density at radius 3 is 2.83 bits per heavy atom. The molecule has 1 heterocycles. The number of hydrogen-bond donors (Lipinski definition) is 1. The van der Waals surface area contributed by atoms with Crippen molar-refractivity contribution < 1.29 is 9.13 Å². The van der Waals surface area contributed by atoms with Crippen molar-refractivity contribution in [1.82, 2.24) is 10.3 Å². The normalized spacial score (nSPS) is 10.6. The zero-order valence-corrected chi connectivity index (χ0v) is 11.2. The molecule has 2 rings (SSSR count). The van der Waals surface area contributed by atoms with Crippen LogP contribution in [0, 0.1) is 12.7 Å². The second kappa shape index (κ2) is 5.93. The van der Waals surface area contributed by atoms with Crippen LogP contribution >= 0.6 is 11.3 Å². The molecule has 1 N–H and O–H groups in total. The maximum Gasteiger partial charge on any atom is 0.131 e. The van der Waals surface area contributed by atoms with E-state index in [4.69, 9.17) is 4.74 Å². The largest absolute Gasteiger partial charge is 0.497 e. The molecule has 1 aromatic carbocycles. The van der Waals surface area contributed by atoms with Crippen molar-refractivity contribution in [2.45, 2.75) is 20.0 Å². The number of halogens is 1. The van der Waals surface area contributed by atoms with Gasteiger partial charge in [0.2, 0.25) is 0 Å².